The summed E-state index contributed by atoms with van der Waals surface area (Å²) < 4.78 is 2.17. The van der Waals surface area contributed by atoms with E-state index in [0.29, 0.717) is 0 Å². The van der Waals surface area contributed by atoms with Crippen LogP contribution in [-0.2, 0) is 0 Å². The maximum absolute atomic E-state index is 2.33. The monoisotopic (exact) mass is 377 g/mol. The largest absolute Gasteiger partial charge is 0.377 e. The van der Waals surface area contributed by atoms with Crippen LogP contribution < -0.4 is 4.90 Å². The number of rotatable bonds is 2. The van der Waals surface area contributed by atoms with Crippen molar-refractivity contribution in [2.24, 2.45) is 0 Å². The summed E-state index contributed by atoms with van der Waals surface area (Å²) in [4.78, 5) is 2.22. The van der Waals surface area contributed by atoms with Gasteiger partial charge in [-0.1, -0.05) is 54.6 Å². The maximum Gasteiger partial charge on any atom is 0.200 e. The summed E-state index contributed by atoms with van der Waals surface area (Å²) in [5, 5.41) is 2.58. The van der Waals surface area contributed by atoms with Crippen molar-refractivity contribution in [1.29, 1.82) is 0 Å². The molecule has 0 atom stereocenters. The van der Waals surface area contributed by atoms with Gasteiger partial charge < -0.3 is 4.90 Å². The van der Waals surface area contributed by atoms with Gasteiger partial charge >= 0.3 is 0 Å². The zero-order chi connectivity index (χ0) is 20.1. The predicted octanol–water partition coefficient (Wildman–Crippen LogP) is 5.39. The molecule has 2 nitrogen and oxygen atoms in total. The van der Waals surface area contributed by atoms with E-state index in [9.17, 15) is 0 Å². The number of hydrogen-bond donors (Lipinski definition) is 0. The van der Waals surface area contributed by atoms with Crippen LogP contribution in [0.3, 0.4) is 0 Å². The molecule has 2 aliphatic carbocycles. The molecule has 29 heavy (non-hydrogen) atoms. The molecule has 0 amide bonds. The Hall–Kier alpha value is -3.39. The van der Waals surface area contributed by atoms with Crippen LogP contribution in [-0.4, -0.2) is 38.5 Å². The van der Waals surface area contributed by atoms with Crippen LogP contribution in [0.15, 0.2) is 84.5 Å². The van der Waals surface area contributed by atoms with Gasteiger partial charge in [-0.3, -0.25) is 0 Å². The van der Waals surface area contributed by atoms with Crippen molar-refractivity contribution >= 4 is 33.3 Å². The van der Waals surface area contributed by atoms with Gasteiger partial charge in [-0.2, -0.15) is 0 Å². The quantitative estimate of drug-likeness (QED) is 0.543. The minimum atomic E-state index is 1.22. The fourth-order valence-corrected chi connectivity index (χ4v) is 4.52. The van der Waals surface area contributed by atoms with Crippen molar-refractivity contribution in [3.8, 4) is 0 Å². The molecule has 0 spiro atoms. The third kappa shape index (κ3) is 2.67. The van der Waals surface area contributed by atoms with E-state index in [0.717, 1.165) is 0 Å². The third-order valence-corrected chi connectivity index (χ3v) is 5.91. The fourth-order valence-electron chi connectivity index (χ4n) is 4.52. The second-order valence-electron chi connectivity index (χ2n) is 8.12. The maximum atomic E-state index is 2.33. The summed E-state index contributed by atoms with van der Waals surface area (Å²) in [7, 11) is 8.46. The second kappa shape index (κ2) is 6.59. The van der Waals surface area contributed by atoms with Gasteiger partial charge in [0.1, 0.15) is 14.1 Å². The molecule has 0 fully saturated rings. The molecule has 0 saturated carbocycles. The molecule has 0 N–H and O–H groups in total. The third-order valence-electron chi connectivity index (χ3n) is 5.91. The normalized spacial score (nSPS) is 14.8. The van der Waals surface area contributed by atoms with Gasteiger partial charge in [0.25, 0.3) is 0 Å². The van der Waals surface area contributed by atoms with Gasteiger partial charge in [-0.25, -0.2) is 4.58 Å². The highest BCUT2D eigenvalue weighted by Crippen LogP contribution is 2.50. The molecule has 5 rings (SSSR count). The molecule has 0 bridgehead atoms. The van der Waals surface area contributed by atoms with E-state index < -0.39 is 0 Å². The summed E-state index contributed by atoms with van der Waals surface area (Å²) >= 11 is 0. The fraction of sp³-hybridized carbons (Fsp3) is 0.148. The lowest BCUT2D eigenvalue weighted by molar-refractivity contribution is -0.462. The number of allylic oxidation sites excluding steroid dienone is 5. The first-order valence-corrected chi connectivity index (χ1v) is 10.0. The van der Waals surface area contributed by atoms with Crippen molar-refractivity contribution < 1.29 is 4.58 Å². The molecule has 0 unspecified atom stereocenters. The topological polar surface area (TPSA) is 6.25 Å². The van der Waals surface area contributed by atoms with Crippen molar-refractivity contribution in [3.05, 3.63) is 101 Å². The van der Waals surface area contributed by atoms with Gasteiger partial charge in [0.15, 0.2) is 5.71 Å². The molecular weight excluding hydrogens is 352 g/mol. The van der Waals surface area contributed by atoms with E-state index in [1.807, 2.05) is 0 Å². The number of fused-ring (bicyclic) bond motifs is 4. The highest BCUT2D eigenvalue weighted by Gasteiger charge is 2.32. The number of anilines is 1. The van der Waals surface area contributed by atoms with E-state index in [4.69, 9.17) is 0 Å². The Kier molecular flexibility index (Phi) is 4.02. The Morgan fingerprint density at radius 3 is 2.28 bits per heavy atom. The number of hydrogen-bond acceptors (Lipinski definition) is 1. The Balaban J connectivity index is 1.89. The van der Waals surface area contributed by atoms with Crippen LogP contribution in [0.2, 0.25) is 0 Å². The first kappa shape index (κ1) is 17.7. The SMILES string of the molecule is CN(C)c1cccc2c1C1=CC(=[N+](C)C)C=CC1=C2c1cccc2ccccc12. The standard InChI is InChI=1S/C27H25N2/c1-28(2)19-15-16-22-24(17-19)27-23(13-8-14-25(27)29(3)4)26(22)21-12-7-10-18-9-5-6-11-20(18)21/h5-17H,1-4H3/q+1. The minimum absolute atomic E-state index is 1.22. The lowest BCUT2D eigenvalue weighted by atomic mass is 9.92. The molecular formula is C27H25N2+. The first-order chi connectivity index (χ1) is 14.1. The minimum Gasteiger partial charge on any atom is -0.377 e. The van der Waals surface area contributed by atoms with Crippen LogP contribution in [0.1, 0.15) is 16.7 Å². The van der Waals surface area contributed by atoms with Gasteiger partial charge in [-0.15, -0.1) is 0 Å². The molecule has 2 aliphatic rings. The van der Waals surface area contributed by atoms with E-state index in [2.05, 4.69) is 117 Å². The van der Waals surface area contributed by atoms with Crippen LogP contribution in [0.4, 0.5) is 5.69 Å². The first-order valence-electron chi connectivity index (χ1n) is 10.0. The van der Waals surface area contributed by atoms with E-state index in [1.54, 1.807) is 0 Å². The number of nitrogens with zero attached hydrogens (tertiary/aromatic N) is 2. The Morgan fingerprint density at radius 2 is 1.48 bits per heavy atom. The van der Waals surface area contributed by atoms with Gasteiger partial charge in [0.05, 0.1) is 0 Å². The Morgan fingerprint density at radius 1 is 0.759 bits per heavy atom. The van der Waals surface area contributed by atoms with Crippen LogP contribution >= 0.6 is 0 Å². The average Bonchev–Trinajstić information content (AvgIpc) is 3.06. The number of benzene rings is 3. The lowest BCUT2D eigenvalue weighted by Crippen LogP contribution is -2.13. The molecule has 3 aromatic carbocycles. The summed E-state index contributed by atoms with van der Waals surface area (Å²) in [6.07, 6.45) is 6.85. The van der Waals surface area contributed by atoms with Gasteiger partial charge in [0, 0.05) is 37.5 Å². The van der Waals surface area contributed by atoms with E-state index in [-0.39, 0.29) is 0 Å². The molecule has 3 aromatic rings. The Bertz CT molecular complexity index is 1270. The molecule has 0 saturated heterocycles. The van der Waals surface area contributed by atoms with Crippen LogP contribution in [0, 0.1) is 0 Å². The second-order valence-corrected chi connectivity index (χ2v) is 8.12. The predicted molar refractivity (Wildman–Crippen MR) is 125 cm³/mol. The molecule has 0 aliphatic heterocycles. The molecule has 0 radical (unpaired) electrons. The van der Waals surface area contributed by atoms with Gasteiger partial charge in [-0.05, 0) is 50.8 Å². The van der Waals surface area contributed by atoms with Gasteiger partial charge in [0.2, 0.25) is 0 Å². The summed E-state index contributed by atoms with van der Waals surface area (Å²) in [6.45, 7) is 0. The van der Waals surface area contributed by atoms with E-state index in [1.165, 1.54) is 55.6 Å². The Labute approximate surface area is 172 Å². The average molecular weight is 378 g/mol. The van der Waals surface area contributed by atoms with E-state index >= 15 is 0 Å². The molecule has 142 valence electrons. The molecule has 2 heteroatoms. The summed E-state index contributed by atoms with van der Waals surface area (Å²) in [6, 6.07) is 22.0. The van der Waals surface area contributed by atoms with Crippen molar-refractivity contribution in [2.45, 2.75) is 0 Å². The zero-order valence-corrected chi connectivity index (χ0v) is 17.4. The zero-order valence-electron chi connectivity index (χ0n) is 17.4. The van der Waals surface area contributed by atoms with Crippen molar-refractivity contribution in [3.63, 3.8) is 0 Å². The van der Waals surface area contributed by atoms with Crippen LogP contribution in [0.5, 0.6) is 0 Å². The summed E-state index contributed by atoms with van der Waals surface area (Å²) in [5.41, 5.74) is 10.4. The lowest BCUT2D eigenvalue weighted by Gasteiger charge is -2.19. The summed E-state index contributed by atoms with van der Waals surface area (Å²) in [5.74, 6) is 0. The smallest absolute Gasteiger partial charge is 0.200 e. The van der Waals surface area contributed by atoms with Crippen molar-refractivity contribution in [1.82, 2.24) is 0 Å². The highest BCUT2D eigenvalue weighted by atomic mass is 15.1. The highest BCUT2D eigenvalue weighted by molar-refractivity contribution is 6.20. The van der Waals surface area contributed by atoms with Crippen LogP contribution in [0.25, 0.3) is 21.9 Å². The van der Waals surface area contributed by atoms with Crippen molar-refractivity contribution in [2.75, 3.05) is 33.1 Å². The molecule has 0 aromatic heterocycles. The molecule has 0 heterocycles.